The van der Waals surface area contributed by atoms with E-state index in [0.29, 0.717) is 13.0 Å². The predicted octanol–water partition coefficient (Wildman–Crippen LogP) is 1.50. The second kappa shape index (κ2) is 5.93. The van der Waals surface area contributed by atoms with Gasteiger partial charge in [0.2, 0.25) is 0 Å². The fourth-order valence-electron chi connectivity index (χ4n) is 2.12. The van der Waals surface area contributed by atoms with Gasteiger partial charge in [-0.25, -0.2) is 4.79 Å². The van der Waals surface area contributed by atoms with Crippen LogP contribution in [0.4, 0.5) is 4.79 Å². The van der Waals surface area contributed by atoms with Crippen LogP contribution < -0.4 is 15.4 Å². The molecule has 0 radical (unpaired) electrons. The van der Waals surface area contributed by atoms with Crippen molar-refractivity contribution in [2.75, 3.05) is 13.2 Å². The molecule has 2 amide bonds. The number of fused-ring (bicyclic) bond motifs is 1. The van der Waals surface area contributed by atoms with Gasteiger partial charge in [0.25, 0.3) is 0 Å². The van der Waals surface area contributed by atoms with Crippen molar-refractivity contribution in [2.24, 2.45) is 0 Å². The van der Waals surface area contributed by atoms with Gasteiger partial charge in [-0.05, 0) is 19.4 Å². The molecular weight excluding hydrogens is 244 g/mol. The molecule has 19 heavy (non-hydrogen) atoms. The lowest BCUT2D eigenvalue weighted by Crippen LogP contribution is -2.45. The molecule has 5 heteroatoms. The van der Waals surface area contributed by atoms with Gasteiger partial charge < -0.3 is 20.5 Å². The zero-order valence-electron chi connectivity index (χ0n) is 11.3. The standard InChI is InChI=1S/C14H20N2O3/c1-3-10(7-17)15-14(18)16-12-8-19-13-5-4-9(2)6-11(12)13/h4-6,10,12,17H,3,7-8H2,1-2H3,(H2,15,16,18). The number of aryl methyl sites for hydroxylation is 1. The van der Waals surface area contributed by atoms with E-state index in [2.05, 4.69) is 10.6 Å². The van der Waals surface area contributed by atoms with Crippen LogP contribution in [-0.4, -0.2) is 30.4 Å². The van der Waals surface area contributed by atoms with Crippen molar-refractivity contribution in [3.63, 3.8) is 0 Å². The van der Waals surface area contributed by atoms with Crippen LogP contribution in [0.25, 0.3) is 0 Å². The van der Waals surface area contributed by atoms with E-state index in [9.17, 15) is 4.79 Å². The van der Waals surface area contributed by atoms with Gasteiger partial charge in [0.05, 0.1) is 18.7 Å². The SMILES string of the molecule is CCC(CO)NC(=O)NC1COc2ccc(C)cc21. The third-order valence-corrected chi connectivity index (χ3v) is 3.30. The summed E-state index contributed by atoms with van der Waals surface area (Å²) in [6, 6.07) is 5.32. The quantitative estimate of drug-likeness (QED) is 0.771. The van der Waals surface area contributed by atoms with Gasteiger partial charge in [0.15, 0.2) is 0 Å². The lowest BCUT2D eigenvalue weighted by molar-refractivity contribution is 0.209. The highest BCUT2D eigenvalue weighted by Gasteiger charge is 2.26. The van der Waals surface area contributed by atoms with Gasteiger partial charge in [-0.3, -0.25) is 0 Å². The van der Waals surface area contributed by atoms with Crippen LogP contribution in [0.3, 0.4) is 0 Å². The molecule has 2 unspecified atom stereocenters. The number of aliphatic hydroxyl groups is 1. The summed E-state index contributed by atoms with van der Waals surface area (Å²) in [5.41, 5.74) is 2.14. The van der Waals surface area contributed by atoms with E-state index in [1.807, 2.05) is 32.0 Å². The van der Waals surface area contributed by atoms with E-state index in [0.717, 1.165) is 16.9 Å². The second-order valence-electron chi connectivity index (χ2n) is 4.81. The van der Waals surface area contributed by atoms with E-state index in [1.165, 1.54) is 0 Å². The molecule has 0 fully saturated rings. The summed E-state index contributed by atoms with van der Waals surface area (Å²) in [6.07, 6.45) is 0.695. The number of hydrogen-bond donors (Lipinski definition) is 3. The van der Waals surface area contributed by atoms with Crippen molar-refractivity contribution in [2.45, 2.75) is 32.4 Å². The molecule has 0 spiro atoms. The summed E-state index contributed by atoms with van der Waals surface area (Å²) in [7, 11) is 0. The van der Waals surface area contributed by atoms with Crippen molar-refractivity contribution in [1.82, 2.24) is 10.6 Å². The van der Waals surface area contributed by atoms with E-state index >= 15 is 0 Å². The molecular formula is C14H20N2O3. The van der Waals surface area contributed by atoms with Crippen molar-refractivity contribution in [1.29, 1.82) is 0 Å². The largest absolute Gasteiger partial charge is 0.491 e. The van der Waals surface area contributed by atoms with Gasteiger partial charge in [-0.1, -0.05) is 24.6 Å². The first kappa shape index (κ1) is 13.7. The number of nitrogens with one attached hydrogen (secondary N) is 2. The zero-order valence-corrected chi connectivity index (χ0v) is 11.3. The molecule has 1 aliphatic rings. The Bertz CT molecular complexity index is 458. The summed E-state index contributed by atoms with van der Waals surface area (Å²) in [4.78, 5) is 11.8. The zero-order chi connectivity index (χ0) is 13.8. The average Bonchev–Trinajstić information content (AvgIpc) is 2.78. The van der Waals surface area contributed by atoms with Crippen LogP contribution in [0, 0.1) is 6.92 Å². The minimum atomic E-state index is -0.274. The van der Waals surface area contributed by atoms with Crippen molar-refractivity contribution < 1.29 is 14.6 Å². The van der Waals surface area contributed by atoms with Crippen LogP contribution in [0.1, 0.15) is 30.5 Å². The van der Waals surface area contributed by atoms with Crippen LogP contribution in [0.5, 0.6) is 5.75 Å². The first-order valence-corrected chi connectivity index (χ1v) is 6.55. The maximum Gasteiger partial charge on any atom is 0.315 e. The molecule has 5 nitrogen and oxygen atoms in total. The Labute approximate surface area is 113 Å². The van der Waals surface area contributed by atoms with E-state index in [1.54, 1.807) is 0 Å². The predicted molar refractivity (Wildman–Crippen MR) is 72.2 cm³/mol. The molecule has 1 aromatic rings. The number of ether oxygens (including phenoxy) is 1. The summed E-state index contributed by atoms with van der Waals surface area (Å²) in [5, 5.41) is 14.7. The van der Waals surface area contributed by atoms with Crippen molar-refractivity contribution >= 4 is 6.03 Å². The van der Waals surface area contributed by atoms with Crippen LogP contribution >= 0.6 is 0 Å². The highest BCUT2D eigenvalue weighted by molar-refractivity contribution is 5.75. The normalized spacial score (nSPS) is 18.4. The molecule has 1 aromatic carbocycles. The number of hydrogen-bond acceptors (Lipinski definition) is 3. The molecule has 2 atom stereocenters. The monoisotopic (exact) mass is 264 g/mol. The number of amides is 2. The first-order valence-electron chi connectivity index (χ1n) is 6.55. The summed E-state index contributed by atoms with van der Waals surface area (Å²) >= 11 is 0. The Morgan fingerprint density at radius 1 is 1.58 bits per heavy atom. The minimum absolute atomic E-state index is 0.0548. The van der Waals surface area contributed by atoms with Crippen LogP contribution in [0.2, 0.25) is 0 Å². The molecule has 1 heterocycles. The van der Waals surface area contributed by atoms with Gasteiger partial charge in [0, 0.05) is 5.56 Å². The van der Waals surface area contributed by atoms with E-state index in [4.69, 9.17) is 9.84 Å². The van der Waals surface area contributed by atoms with Gasteiger partial charge in [-0.15, -0.1) is 0 Å². The molecule has 104 valence electrons. The fourth-order valence-corrected chi connectivity index (χ4v) is 2.12. The Morgan fingerprint density at radius 3 is 3.05 bits per heavy atom. The second-order valence-corrected chi connectivity index (χ2v) is 4.81. The highest BCUT2D eigenvalue weighted by atomic mass is 16.5. The average molecular weight is 264 g/mol. The van der Waals surface area contributed by atoms with Gasteiger partial charge >= 0.3 is 6.03 Å². The van der Waals surface area contributed by atoms with Crippen molar-refractivity contribution in [3.8, 4) is 5.75 Å². The minimum Gasteiger partial charge on any atom is -0.491 e. The Hall–Kier alpha value is -1.75. The van der Waals surface area contributed by atoms with Crippen LogP contribution in [0.15, 0.2) is 18.2 Å². The highest BCUT2D eigenvalue weighted by Crippen LogP contribution is 2.32. The summed E-state index contributed by atoms with van der Waals surface area (Å²) in [5.74, 6) is 0.824. The fraction of sp³-hybridized carbons (Fsp3) is 0.500. The van der Waals surface area contributed by atoms with Crippen LogP contribution in [-0.2, 0) is 0 Å². The third kappa shape index (κ3) is 3.17. The molecule has 0 bridgehead atoms. The van der Waals surface area contributed by atoms with Crippen molar-refractivity contribution in [3.05, 3.63) is 29.3 Å². The summed E-state index contributed by atoms with van der Waals surface area (Å²) < 4.78 is 5.53. The number of aliphatic hydroxyl groups excluding tert-OH is 1. The molecule has 1 aliphatic heterocycles. The number of carbonyl (C=O) groups is 1. The Balaban J connectivity index is 1.99. The Kier molecular flexibility index (Phi) is 4.27. The molecule has 0 saturated heterocycles. The van der Waals surface area contributed by atoms with E-state index in [-0.39, 0.29) is 24.7 Å². The van der Waals surface area contributed by atoms with Gasteiger partial charge in [0.1, 0.15) is 12.4 Å². The molecule has 0 aliphatic carbocycles. The number of rotatable bonds is 4. The lowest BCUT2D eigenvalue weighted by atomic mass is 10.1. The summed E-state index contributed by atoms with van der Waals surface area (Å²) in [6.45, 7) is 4.32. The maximum absolute atomic E-state index is 11.8. The third-order valence-electron chi connectivity index (χ3n) is 3.30. The smallest absolute Gasteiger partial charge is 0.315 e. The lowest BCUT2D eigenvalue weighted by Gasteiger charge is -2.17. The number of urea groups is 1. The van der Waals surface area contributed by atoms with E-state index < -0.39 is 0 Å². The molecule has 2 rings (SSSR count). The number of benzene rings is 1. The maximum atomic E-state index is 11.8. The molecule has 3 N–H and O–H groups in total. The molecule has 0 saturated carbocycles. The number of carbonyl (C=O) groups excluding carboxylic acids is 1. The Morgan fingerprint density at radius 2 is 2.37 bits per heavy atom. The topological polar surface area (TPSA) is 70.6 Å². The van der Waals surface area contributed by atoms with Gasteiger partial charge in [-0.2, -0.15) is 0 Å². The molecule has 0 aromatic heterocycles. The first-order chi connectivity index (χ1) is 9.13.